The number of aromatic nitrogens is 1. The maximum Gasteiger partial charge on any atom is 0.254 e. The Balaban J connectivity index is 2.15. The van der Waals surface area contributed by atoms with Gasteiger partial charge in [0.15, 0.2) is 0 Å². The van der Waals surface area contributed by atoms with Crippen LogP contribution in [-0.4, -0.2) is 42.1 Å². The highest BCUT2D eigenvalue weighted by Crippen LogP contribution is 2.13. The summed E-state index contributed by atoms with van der Waals surface area (Å²) in [5.74, 6) is -0.137. The van der Waals surface area contributed by atoms with Crippen molar-refractivity contribution in [2.24, 2.45) is 0 Å². The van der Waals surface area contributed by atoms with Gasteiger partial charge in [0.05, 0.1) is 12.6 Å². The second-order valence-electron chi connectivity index (χ2n) is 3.88. The topological polar surface area (TPSA) is 62.4 Å². The highest BCUT2D eigenvalue weighted by Gasteiger charge is 2.24. The minimum atomic E-state index is -0.262. The highest BCUT2D eigenvalue weighted by molar-refractivity contribution is 5.94. The first kappa shape index (κ1) is 10.9. The minimum Gasteiger partial charge on any atom is -0.379 e. The maximum absolute atomic E-state index is 12.0. The summed E-state index contributed by atoms with van der Waals surface area (Å²) in [7, 11) is 1.74. The smallest absolute Gasteiger partial charge is 0.254 e. The zero-order valence-corrected chi connectivity index (χ0v) is 9.10. The molecule has 1 atom stereocenters. The third-order valence-electron chi connectivity index (χ3n) is 2.80. The van der Waals surface area contributed by atoms with Crippen LogP contribution in [0.4, 0.5) is 0 Å². The number of nitrogens with zero attached hydrogens (tertiary/aromatic N) is 1. The van der Waals surface area contributed by atoms with E-state index in [-0.39, 0.29) is 17.5 Å². The monoisotopic (exact) mass is 222 g/mol. The van der Waals surface area contributed by atoms with E-state index in [0.717, 1.165) is 6.42 Å². The second-order valence-corrected chi connectivity index (χ2v) is 3.88. The van der Waals surface area contributed by atoms with E-state index in [1.807, 2.05) is 0 Å². The fourth-order valence-electron chi connectivity index (χ4n) is 1.77. The van der Waals surface area contributed by atoms with Crippen molar-refractivity contribution in [3.05, 3.63) is 34.2 Å². The Bertz CT molecular complexity index is 435. The lowest BCUT2D eigenvalue weighted by Crippen LogP contribution is -2.37. The van der Waals surface area contributed by atoms with E-state index in [1.54, 1.807) is 18.0 Å². The molecular weight excluding hydrogens is 208 g/mol. The largest absolute Gasteiger partial charge is 0.379 e. The average Bonchev–Trinajstić information content (AvgIpc) is 2.80. The lowest BCUT2D eigenvalue weighted by molar-refractivity contribution is 0.0711. The molecule has 0 spiro atoms. The first-order chi connectivity index (χ1) is 7.68. The third-order valence-corrected chi connectivity index (χ3v) is 2.80. The number of nitrogens with one attached hydrogen (secondary N) is 1. The molecule has 0 bridgehead atoms. The van der Waals surface area contributed by atoms with Crippen LogP contribution in [0.1, 0.15) is 16.8 Å². The Morgan fingerprint density at radius 3 is 3.06 bits per heavy atom. The summed E-state index contributed by atoms with van der Waals surface area (Å²) in [4.78, 5) is 27.2. The minimum absolute atomic E-state index is 0.117. The third kappa shape index (κ3) is 2.14. The summed E-state index contributed by atoms with van der Waals surface area (Å²) in [6.07, 6.45) is 2.33. The highest BCUT2D eigenvalue weighted by atomic mass is 16.5. The summed E-state index contributed by atoms with van der Waals surface area (Å²) in [5, 5.41) is 0. The van der Waals surface area contributed by atoms with Crippen molar-refractivity contribution < 1.29 is 9.53 Å². The van der Waals surface area contributed by atoms with Gasteiger partial charge in [0.25, 0.3) is 5.91 Å². The zero-order chi connectivity index (χ0) is 11.5. The number of carbonyl (C=O) groups excluding carboxylic acids is 1. The number of hydrogen-bond donors (Lipinski definition) is 1. The molecule has 1 aliphatic heterocycles. The molecule has 2 rings (SSSR count). The van der Waals surface area contributed by atoms with Gasteiger partial charge in [-0.2, -0.15) is 0 Å². The van der Waals surface area contributed by atoms with Crippen LogP contribution in [0.3, 0.4) is 0 Å². The molecule has 16 heavy (non-hydrogen) atoms. The van der Waals surface area contributed by atoms with Crippen molar-refractivity contribution in [2.45, 2.75) is 12.5 Å². The fourth-order valence-corrected chi connectivity index (χ4v) is 1.77. The first-order valence-electron chi connectivity index (χ1n) is 5.22. The molecule has 1 fully saturated rings. The molecule has 2 heterocycles. The van der Waals surface area contributed by atoms with Crippen LogP contribution in [-0.2, 0) is 4.74 Å². The predicted octanol–water partition coefficient (Wildman–Crippen LogP) is 0.236. The number of H-pyrrole nitrogens is 1. The van der Waals surface area contributed by atoms with Crippen LogP contribution >= 0.6 is 0 Å². The van der Waals surface area contributed by atoms with Gasteiger partial charge in [-0.15, -0.1) is 0 Å². The van der Waals surface area contributed by atoms with Crippen molar-refractivity contribution in [3.63, 3.8) is 0 Å². The van der Waals surface area contributed by atoms with Gasteiger partial charge >= 0.3 is 0 Å². The molecule has 1 aromatic rings. The van der Waals surface area contributed by atoms with Crippen LogP contribution in [0.15, 0.2) is 23.1 Å². The van der Waals surface area contributed by atoms with Gasteiger partial charge < -0.3 is 14.6 Å². The van der Waals surface area contributed by atoms with Gasteiger partial charge in [-0.05, 0) is 12.5 Å². The Labute approximate surface area is 93.0 Å². The Morgan fingerprint density at radius 1 is 1.62 bits per heavy atom. The van der Waals surface area contributed by atoms with E-state index < -0.39 is 0 Å². The van der Waals surface area contributed by atoms with E-state index in [0.29, 0.717) is 18.8 Å². The second kappa shape index (κ2) is 4.49. The van der Waals surface area contributed by atoms with Crippen LogP contribution in [0.25, 0.3) is 0 Å². The van der Waals surface area contributed by atoms with Gasteiger partial charge in [0.1, 0.15) is 0 Å². The normalized spacial score (nSPS) is 19.7. The number of pyridine rings is 1. The van der Waals surface area contributed by atoms with Crippen molar-refractivity contribution in [2.75, 3.05) is 20.3 Å². The van der Waals surface area contributed by atoms with Crippen molar-refractivity contribution >= 4 is 5.91 Å². The molecule has 86 valence electrons. The van der Waals surface area contributed by atoms with Crippen molar-refractivity contribution in [1.29, 1.82) is 0 Å². The molecule has 1 aromatic heterocycles. The van der Waals surface area contributed by atoms with Crippen LogP contribution in [0.2, 0.25) is 0 Å². The first-order valence-corrected chi connectivity index (χ1v) is 5.22. The number of rotatable bonds is 2. The lowest BCUT2D eigenvalue weighted by Gasteiger charge is -2.22. The molecule has 1 unspecified atom stereocenters. The predicted molar refractivity (Wildman–Crippen MR) is 58.4 cm³/mol. The molecule has 0 radical (unpaired) electrons. The SMILES string of the molecule is CN(C(=O)c1cc[nH]c(=O)c1)C1CCOC1. The summed E-state index contributed by atoms with van der Waals surface area (Å²) in [6.45, 7) is 1.27. The number of ether oxygens (including phenoxy) is 1. The number of amides is 1. The van der Waals surface area contributed by atoms with Crippen molar-refractivity contribution in [3.8, 4) is 0 Å². The molecule has 0 saturated carbocycles. The molecule has 1 N–H and O–H groups in total. The Morgan fingerprint density at radius 2 is 2.44 bits per heavy atom. The van der Waals surface area contributed by atoms with E-state index in [2.05, 4.69) is 4.98 Å². The Hall–Kier alpha value is -1.62. The molecule has 0 aromatic carbocycles. The van der Waals surface area contributed by atoms with Gasteiger partial charge in [0.2, 0.25) is 5.56 Å². The molecule has 1 aliphatic rings. The summed E-state index contributed by atoms with van der Waals surface area (Å²) in [5.41, 5.74) is 0.153. The lowest BCUT2D eigenvalue weighted by atomic mass is 10.2. The van der Waals surface area contributed by atoms with E-state index in [1.165, 1.54) is 12.3 Å². The van der Waals surface area contributed by atoms with Gasteiger partial charge in [-0.25, -0.2) is 0 Å². The van der Waals surface area contributed by atoms with Crippen LogP contribution in [0, 0.1) is 0 Å². The van der Waals surface area contributed by atoms with Gasteiger partial charge in [-0.1, -0.05) is 0 Å². The summed E-state index contributed by atoms with van der Waals surface area (Å²) >= 11 is 0. The quantitative estimate of drug-likeness (QED) is 0.779. The standard InChI is InChI=1S/C11H14N2O3/c1-13(9-3-5-16-7-9)11(15)8-2-4-12-10(14)6-8/h2,4,6,9H,3,5,7H2,1H3,(H,12,14). The van der Waals surface area contributed by atoms with Crippen LogP contribution < -0.4 is 5.56 Å². The molecule has 5 nitrogen and oxygen atoms in total. The number of hydrogen-bond acceptors (Lipinski definition) is 3. The van der Waals surface area contributed by atoms with Crippen LogP contribution in [0.5, 0.6) is 0 Å². The van der Waals surface area contributed by atoms with Gasteiger partial charge in [-0.3, -0.25) is 9.59 Å². The number of likely N-dealkylation sites (N-methyl/N-ethyl adjacent to an activating group) is 1. The van der Waals surface area contributed by atoms with E-state index >= 15 is 0 Å². The summed E-state index contributed by atoms with van der Waals surface area (Å²) < 4.78 is 5.23. The Kier molecular flexibility index (Phi) is 3.05. The van der Waals surface area contributed by atoms with E-state index in [9.17, 15) is 9.59 Å². The molecule has 0 aliphatic carbocycles. The van der Waals surface area contributed by atoms with E-state index in [4.69, 9.17) is 4.74 Å². The fraction of sp³-hybridized carbons (Fsp3) is 0.455. The molecule has 1 saturated heterocycles. The molecule has 1 amide bonds. The van der Waals surface area contributed by atoms with Crippen molar-refractivity contribution in [1.82, 2.24) is 9.88 Å². The summed E-state index contributed by atoms with van der Waals surface area (Å²) in [6, 6.07) is 3.04. The zero-order valence-electron chi connectivity index (χ0n) is 9.10. The average molecular weight is 222 g/mol. The maximum atomic E-state index is 12.0. The van der Waals surface area contributed by atoms with Gasteiger partial charge in [0, 0.05) is 31.5 Å². The molecular formula is C11H14N2O3. The number of carbonyl (C=O) groups is 1. The molecule has 5 heteroatoms. The number of aromatic amines is 1.